The molecule has 5 heteroatoms. The van der Waals surface area contributed by atoms with Crippen molar-refractivity contribution < 1.29 is 19.5 Å². The van der Waals surface area contributed by atoms with Gasteiger partial charge in [0.1, 0.15) is 0 Å². The molecule has 0 saturated carbocycles. The number of rotatable bonds is 16. The van der Waals surface area contributed by atoms with Gasteiger partial charge in [-0.15, -0.1) is 0 Å². The first kappa shape index (κ1) is 21.9. The van der Waals surface area contributed by atoms with Crippen LogP contribution in [0.2, 0.25) is 0 Å². The van der Waals surface area contributed by atoms with E-state index in [1.54, 1.807) is 0 Å². The molecule has 0 bridgehead atoms. The molecule has 1 amide bonds. The van der Waals surface area contributed by atoms with Crippen molar-refractivity contribution >= 4 is 11.9 Å². The van der Waals surface area contributed by atoms with E-state index in [9.17, 15) is 9.59 Å². The zero-order chi connectivity index (χ0) is 17.2. The maximum atomic E-state index is 11.3. The van der Waals surface area contributed by atoms with Crippen LogP contribution in [0.3, 0.4) is 0 Å². The molecule has 0 atom stereocenters. The van der Waals surface area contributed by atoms with Crippen LogP contribution in [0.15, 0.2) is 0 Å². The first-order valence-electron chi connectivity index (χ1n) is 9.29. The quantitative estimate of drug-likeness (QED) is 0.189. The highest BCUT2D eigenvalue weighted by Gasteiger charge is 2.06. The second-order valence-electron chi connectivity index (χ2n) is 6.14. The van der Waals surface area contributed by atoms with Crippen molar-refractivity contribution in [3.05, 3.63) is 0 Å². The van der Waals surface area contributed by atoms with Crippen molar-refractivity contribution in [2.24, 2.45) is 0 Å². The van der Waals surface area contributed by atoms with Crippen molar-refractivity contribution in [2.75, 3.05) is 6.61 Å². The number of amides is 1. The van der Waals surface area contributed by atoms with Crippen LogP contribution < -0.4 is 5.48 Å². The topological polar surface area (TPSA) is 75.6 Å². The fraction of sp³-hybridized carbons (Fsp3) is 0.889. The highest BCUT2D eigenvalue weighted by molar-refractivity contribution is 5.80. The van der Waals surface area contributed by atoms with Gasteiger partial charge in [-0.3, -0.25) is 14.8 Å². The molecule has 136 valence electrons. The van der Waals surface area contributed by atoms with Crippen LogP contribution in [0.25, 0.3) is 0 Å². The van der Waals surface area contributed by atoms with Crippen molar-refractivity contribution in [1.29, 1.82) is 0 Å². The van der Waals surface area contributed by atoms with E-state index in [1.807, 2.05) is 0 Å². The smallest absolute Gasteiger partial charge is 0.306 e. The summed E-state index contributed by atoms with van der Waals surface area (Å²) in [5.41, 5.74) is 1.49. The van der Waals surface area contributed by atoms with Crippen molar-refractivity contribution in [2.45, 2.75) is 96.8 Å². The second-order valence-corrected chi connectivity index (χ2v) is 6.14. The number of hydrogen-bond acceptors (Lipinski definition) is 4. The van der Waals surface area contributed by atoms with E-state index in [1.165, 1.54) is 69.7 Å². The molecule has 0 aromatic heterocycles. The molecule has 2 N–H and O–H groups in total. The standard InChI is InChI=1S/C18H35NO4/c1-2-3-4-5-6-7-8-9-10-11-12-13-16-23-18(21)15-14-17(20)19-22/h22H,2-16H2,1H3,(H,19,20). The normalized spacial score (nSPS) is 10.5. The summed E-state index contributed by atoms with van der Waals surface area (Å²) in [6.45, 7) is 2.67. The zero-order valence-electron chi connectivity index (χ0n) is 14.8. The van der Waals surface area contributed by atoms with Crippen LogP contribution in [0.5, 0.6) is 0 Å². The third kappa shape index (κ3) is 17.1. The van der Waals surface area contributed by atoms with E-state index in [-0.39, 0.29) is 18.8 Å². The Hall–Kier alpha value is -1.10. The number of carbonyl (C=O) groups excluding carboxylic acids is 2. The number of hydroxylamine groups is 1. The van der Waals surface area contributed by atoms with Gasteiger partial charge in [0.05, 0.1) is 13.0 Å². The highest BCUT2D eigenvalue weighted by Crippen LogP contribution is 2.11. The van der Waals surface area contributed by atoms with E-state index in [4.69, 9.17) is 9.94 Å². The monoisotopic (exact) mass is 329 g/mol. The van der Waals surface area contributed by atoms with Crippen LogP contribution in [-0.4, -0.2) is 23.7 Å². The number of carbonyl (C=O) groups is 2. The van der Waals surface area contributed by atoms with Crippen molar-refractivity contribution in [1.82, 2.24) is 5.48 Å². The summed E-state index contributed by atoms with van der Waals surface area (Å²) >= 11 is 0. The number of hydrogen-bond donors (Lipinski definition) is 2. The Morgan fingerprint density at radius 1 is 0.783 bits per heavy atom. The minimum atomic E-state index is -0.563. The Labute approximate surface area is 141 Å². The van der Waals surface area contributed by atoms with E-state index >= 15 is 0 Å². The van der Waals surface area contributed by atoms with Crippen LogP contribution in [-0.2, 0) is 14.3 Å². The van der Waals surface area contributed by atoms with E-state index in [0.717, 1.165) is 12.8 Å². The van der Waals surface area contributed by atoms with Crippen LogP contribution in [0, 0.1) is 0 Å². The molecule has 0 heterocycles. The van der Waals surface area contributed by atoms with E-state index < -0.39 is 5.91 Å². The number of nitrogens with one attached hydrogen (secondary N) is 1. The summed E-state index contributed by atoms with van der Waals surface area (Å²) in [5, 5.41) is 8.29. The van der Waals surface area contributed by atoms with Crippen LogP contribution >= 0.6 is 0 Å². The summed E-state index contributed by atoms with van der Waals surface area (Å²) in [4.78, 5) is 22.0. The molecule has 0 aromatic carbocycles. The van der Waals surface area contributed by atoms with E-state index in [0.29, 0.717) is 6.61 Å². The SMILES string of the molecule is CCCCCCCCCCCCCCOC(=O)CCC(=O)NO. The molecule has 0 radical (unpaired) electrons. The lowest BCUT2D eigenvalue weighted by Gasteiger charge is -2.05. The first-order valence-corrected chi connectivity index (χ1v) is 9.29. The summed E-state index contributed by atoms with van der Waals surface area (Å²) in [5.74, 6) is -0.941. The third-order valence-corrected chi connectivity index (χ3v) is 3.94. The molecule has 0 spiro atoms. The number of esters is 1. The van der Waals surface area contributed by atoms with Gasteiger partial charge in [0.15, 0.2) is 0 Å². The van der Waals surface area contributed by atoms with Gasteiger partial charge in [0, 0.05) is 6.42 Å². The first-order chi connectivity index (χ1) is 11.2. The van der Waals surface area contributed by atoms with Crippen molar-refractivity contribution in [3.8, 4) is 0 Å². The Morgan fingerprint density at radius 2 is 1.26 bits per heavy atom. The lowest BCUT2D eigenvalue weighted by atomic mass is 10.1. The lowest BCUT2D eigenvalue weighted by molar-refractivity contribution is -0.145. The fourth-order valence-electron chi connectivity index (χ4n) is 2.47. The minimum absolute atomic E-state index is 0.0185. The summed E-state index contributed by atoms with van der Waals surface area (Å²) in [6, 6.07) is 0. The Balaban J connectivity index is 3.15. The van der Waals surface area contributed by atoms with Gasteiger partial charge in [0.2, 0.25) is 5.91 Å². The number of unbranched alkanes of at least 4 members (excludes halogenated alkanes) is 11. The van der Waals surface area contributed by atoms with E-state index in [2.05, 4.69) is 6.92 Å². The molecule has 0 saturated heterocycles. The molecule has 0 fully saturated rings. The third-order valence-electron chi connectivity index (χ3n) is 3.94. The summed E-state index contributed by atoms with van der Waals surface area (Å²) in [7, 11) is 0. The van der Waals surface area contributed by atoms with Gasteiger partial charge >= 0.3 is 5.97 Å². The molecular weight excluding hydrogens is 294 g/mol. The Bertz CT molecular complexity index is 295. The second kappa shape index (κ2) is 17.3. The van der Waals surface area contributed by atoms with Crippen molar-refractivity contribution in [3.63, 3.8) is 0 Å². The maximum Gasteiger partial charge on any atom is 0.306 e. The predicted octanol–water partition coefficient (Wildman–Crippen LogP) is 4.52. The summed E-state index contributed by atoms with van der Waals surface area (Å²) in [6.07, 6.45) is 15.3. The average Bonchev–Trinajstić information content (AvgIpc) is 2.56. The van der Waals surface area contributed by atoms with Gasteiger partial charge in [-0.05, 0) is 6.42 Å². The van der Waals surface area contributed by atoms with Gasteiger partial charge in [-0.25, -0.2) is 5.48 Å². The largest absolute Gasteiger partial charge is 0.466 e. The Kier molecular flexibility index (Phi) is 16.4. The highest BCUT2D eigenvalue weighted by atomic mass is 16.5. The molecule has 5 nitrogen and oxygen atoms in total. The predicted molar refractivity (Wildman–Crippen MR) is 91.2 cm³/mol. The molecule has 0 aromatic rings. The number of ether oxygens (including phenoxy) is 1. The molecule has 0 aliphatic heterocycles. The average molecular weight is 329 g/mol. The van der Waals surface area contributed by atoms with Gasteiger partial charge in [0.25, 0.3) is 0 Å². The molecule has 0 rings (SSSR count). The molecule has 23 heavy (non-hydrogen) atoms. The molecular formula is C18H35NO4. The summed E-state index contributed by atoms with van der Waals surface area (Å²) < 4.78 is 5.03. The lowest BCUT2D eigenvalue weighted by Crippen LogP contribution is -2.20. The van der Waals surface area contributed by atoms with Gasteiger partial charge < -0.3 is 4.74 Å². The molecule has 0 aliphatic rings. The van der Waals surface area contributed by atoms with Gasteiger partial charge in [-0.2, -0.15) is 0 Å². The van der Waals surface area contributed by atoms with Crippen LogP contribution in [0.4, 0.5) is 0 Å². The zero-order valence-corrected chi connectivity index (χ0v) is 14.8. The Morgan fingerprint density at radius 3 is 1.74 bits per heavy atom. The minimum Gasteiger partial charge on any atom is -0.466 e. The van der Waals surface area contributed by atoms with Crippen LogP contribution in [0.1, 0.15) is 96.8 Å². The molecule has 0 aliphatic carbocycles. The fourth-order valence-corrected chi connectivity index (χ4v) is 2.47. The van der Waals surface area contributed by atoms with Gasteiger partial charge in [-0.1, -0.05) is 77.6 Å². The maximum absolute atomic E-state index is 11.3. The molecule has 0 unspecified atom stereocenters.